The lowest BCUT2D eigenvalue weighted by Gasteiger charge is -2.11. The molecule has 0 spiro atoms. The summed E-state index contributed by atoms with van der Waals surface area (Å²) in [5, 5.41) is 6.41. The third-order valence-corrected chi connectivity index (χ3v) is 2.42. The monoisotopic (exact) mass is 408 g/mol. The van der Waals surface area contributed by atoms with Crippen LogP contribution >= 0.6 is 24.0 Å². The highest BCUT2D eigenvalue weighted by Gasteiger charge is 1.97. The van der Waals surface area contributed by atoms with Gasteiger partial charge in [0.1, 0.15) is 12.4 Å². The van der Waals surface area contributed by atoms with Gasteiger partial charge in [0, 0.05) is 33.0 Å². The Balaban J connectivity index is 0.00000400. The average molecular weight is 408 g/mol. The second-order valence-electron chi connectivity index (χ2n) is 4.07. The van der Waals surface area contributed by atoms with Crippen LogP contribution in [0.25, 0.3) is 0 Å². The van der Waals surface area contributed by atoms with E-state index in [9.17, 15) is 0 Å². The maximum atomic E-state index is 5.55. The molecule has 0 atom stereocenters. The fourth-order valence-electron chi connectivity index (χ4n) is 1.51. The van der Waals surface area contributed by atoms with Crippen LogP contribution in [-0.2, 0) is 4.74 Å². The van der Waals surface area contributed by atoms with E-state index >= 15 is 0 Å². The zero-order chi connectivity index (χ0) is 14.5. The van der Waals surface area contributed by atoms with Crippen LogP contribution in [-0.4, -0.2) is 50.9 Å². The maximum Gasteiger partial charge on any atom is 0.191 e. The van der Waals surface area contributed by atoms with Crippen molar-refractivity contribution in [2.24, 2.45) is 4.99 Å². The quantitative estimate of drug-likeness (QED) is 0.282. The molecule has 21 heavy (non-hydrogen) atoms. The first-order valence-corrected chi connectivity index (χ1v) is 6.90. The number of guanidine groups is 1. The van der Waals surface area contributed by atoms with Crippen molar-refractivity contribution in [1.82, 2.24) is 15.6 Å². The number of aromatic nitrogens is 1. The topological polar surface area (TPSA) is 67.8 Å². The first-order valence-electron chi connectivity index (χ1n) is 6.90. The van der Waals surface area contributed by atoms with Crippen molar-refractivity contribution in [3.8, 4) is 5.75 Å². The Morgan fingerprint density at radius 2 is 2.19 bits per heavy atom. The second-order valence-corrected chi connectivity index (χ2v) is 4.07. The fourth-order valence-corrected chi connectivity index (χ4v) is 1.51. The second kappa shape index (κ2) is 13.9. The van der Waals surface area contributed by atoms with Crippen molar-refractivity contribution >= 4 is 29.9 Å². The molecular formula is C14H25IN4O2. The molecule has 0 fully saturated rings. The zero-order valence-corrected chi connectivity index (χ0v) is 15.0. The van der Waals surface area contributed by atoms with Gasteiger partial charge in [-0.1, -0.05) is 0 Å². The standard InChI is InChI=1S/C14H24N4O2.HI/c1-3-16-14(17-8-5-10-19-2)18-9-11-20-13-6-4-7-15-12-13;/h4,6-7,12H,3,5,8-11H2,1-2H3,(H2,16,17,18);1H. The maximum absolute atomic E-state index is 5.55. The van der Waals surface area contributed by atoms with Crippen LogP contribution in [0.2, 0.25) is 0 Å². The molecule has 7 heteroatoms. The number of methoxy groups -OCH3 is 1. The summed E-state index contributed by atoms with van der Waals surface area (Å²) in [6.07, 6.45) is 4.34. The highest BCUT2D eigenvalue weighted by atomic mass is 127. The van der Waals surface area contributed by atoms with E-state index < -0.39 is 0 Å². The van der Waals surface area contributed by atoms with Crippen molar-refractivity contribution in [3.63, 3.8) is 0 Å². The van der Waals surface area contributed by atoms with Gasteiger partial charge in [0.15, 0.2) is 5.96 Å². The van der Waals surface area contributed by atoms with Crippen LogP contribution in [0.5, 0.6) is 5.75 Å². The molecule has 0 aromatic carbocycles. The summed E-state index contributed by atoms with van der Waals surface area (Å²) < 4.78 is 10.5. The number of hydrogen-bond donors (Lipinski definition) is 2. The van der Waals surface area contributed by atoms with Gasteiger partial charge in [-0.25, -0.2) is 0 Å². The third kappa shape index (κ3) is 10.3. The molecule has 0 radical (unpaired) electrons. The molecule has 0 aliphatic heterocycles. The van der Waals surface area contributed by atoms with Gasteiger partial charge in [-0.05, 0) is 25.5 Å². The summed E-state index contributed by atoms with van der Waals surface area (Å²) in [6.45, 7) is 5.59. The number of aliphatic imine (C=N–C) groups is 1. The number of nitrogens with zero attached hydrogens (tertiary/aromatic N) is 2. The first kappa shape index (κ1) is 19.9. The highest BCUT2D eigenvalue weighted by molar-refractivity contribution is 14.0. The van der Waals surface area contributed by atoms with Gasteiger partial charge in [0.05, 0.1) is 12.7 Å². The van der Waals surface area contributed by atoms with E-state index in [2.05, 4.69) is 20.6 Å². The Labute approximate surface area is 143 Å². The summed E-state index contributed by atoms with van der Waals surface area (Å²) in [5.74, 6) is 1.58. The molecule has 120 valence electrons. The SMILES string of the molecule is CCNC(=NCCCOC)NCCOc1cccnc1.I. The van der Waals surface area contributed by atoms with E-state index in [1.165, 1.54) is 0 Å². The number of ether oxygens (including phenoxy) is 2. The van der Waals surface area contributed by atoms with Crippen molar-refractivity contribution in [2.75, 3.05) is 40.0 Å². The molecule has 0 saturated carbocycles. The van der Waals surface area contributed by atoms with E-state index in [1.807, 2.05) is 19.1 Å². The average Bonchev–Trinajstić information content (AvgIpc) is 2.49. The lowest BCUT2D eigenvalue weighted by atomic mass is 10.4. The number of hydrogen-bond acceptors (Lipinski definition) is 4. The molecular weight excluding hydrogens is 383 g/mol. The predicted molar refractivity (Wildman–Crippen MR) is 95.6 cm³/mol. The molecule has 0 bridgehead atoms. The van der Waals surface area contributed by atoms with Crippen molar-refractivity contribution in [1.29, 1.82) is 0 Å². The lowest BCUT2D eigenvalue weighted by Crippen LogP contribution is -2.39. The molecule has 0 aliphatic rings. The Hall–Kier alpha value is -1.09. The number of rotatable bonds is 9. The molecule has 6 nitrogen and oxygen atoms in total. The van der Waals surface area contributed by atoms with Crippen molar-refractivity contribution in [2.45, 2.75) is 13.3 Å². The predicted octanol–water partition coefficient (Wildman–Crippen LogP) is 1.67. The number of pyridine rings is 1. The van der Waals surface area contributed by atoms with E-state index in [0.717, 1.165) is 37.8 Å². The summed E-state index contributed by atoms with van der Waals surface area (Å²) in [7, 11) is 1.70. The summed E-state index contributed by atoms with van der Waals surface area (Å²) >= 11 is 0. The number of nitrogens with one attached hydrogen (secondary N) is 2. The van der Waals surface area contributed by atoms with Crippen molar-refractivity contribution < 1.29 is 9.47 Å². The van der Waals surface area contributed by atoms with Gasteiger partial charge in [-0.3, -0.25) is 9.98 Å². The van der Waals surface area contributed by atoms with Gasteiger partial charge < -0.3 is 20.1 Å². The van der Waals surface area contributed by atoms with Gasteiger partial charge >= 0.3 is 0 Å². The van der Waals surface area contributed by atoms with Crippen molar-refractivity contribution in [3.05, 3.63) is 24.5 Å². The molecule has 1 rings (SSSR count). The van der Waals surface area contributed by atoms with E-state index in [0.29, 0.717) is 13.2 Å². The Kier molecular flexibility index (Phi) is 13.2. The zero-order valence-electron chi connectivity index (χ0n) is 12.7. The summed E-state index contributed by atoms with van der Waals surface area (Å²) in [4.78, 5) is 8.43. The molecule has 0 saturated heterocycles. The molecule has 0 unspecified atom stereocenters. The molecule has 1 aromatic rings. The molecule has 0 aliphatic carbocycles. The molecule has 1 aromatic heterocycles. The highest BCUT2D eigenvalue weighted by Crippen LogP contribution is 2.04. The normalized spacial score (nSPS) is 10.7. The fraction of sp³-hybridized carbons (Fsp3) is 0.571. The minimum atomic E-state index is 0. The van der Waals surface area contributed by atoms with E-state index in [1.54, 1.807) is 19.5 Å². The number of halogens is 1. The van der Waals surface area contributed by atoms with Crippen LogP contribution in [0.4, 0.5) is 0 Å². The van der Waals surface area contributed by atoms with Gasteiger partial charge in [-0.2, -0.15) is 0 Å². The summed E-state index contributed by atoms with van der Waals surface area (Å²) in [6, 6.07) is 3.74. The third-order valence-electron chi connectivity index (χ3n) is 2.42. The van der Waals surface area contributed by atoms with Gasteiger partial charge in [0.2, 0.25) is 0 Å². The van der Waals surface area contributed by atoms with Gasteiger partial charge in [0.25, 0.3) is 0 Å². The molecule has 2 N–H and O–H groups in total. The Bertz CT molecular complexity index is 376. The van der Waals surface area contributed by atoms with Crippen LogP contribution < -0.4 is 15.4 Å². The lowest BCUT2D eigenvalue weighted by molar-refractivity contribution is 0.197. The van der Waals surface area contributed by atoms with E-state index in [-0.39, 0.29) is 24.0 Å². The minimum absolute atomic E-state index is 0. The largest absolute Gasteiger partial charge is 0.490 e. The summed E-state index contributed by atoms with van der Waals surface area (Å²) in [5.41, 5.74) is 0. The van der Waals surface area contributed by atoms with E-state index in [4.69, 9.17) is 9.47 Å². The molecule has 1 heterocycles. The first-order chi connectivity index (χ1) is 9.86. The molecule has 0 amide bonds. The Morgan fingerprint density at radius 1 is 1.33 bits per heavy atom. The van der Waals surface area contributed by atoms with Gasteiger partial charge in [-0.15, -0.1) is 24.0 Å². The Morgan fingerprint density at radius 3 is 2.86 bits per heavy atom. The van der Waals surface area contributed by atoms with Crippen LogP contribution in [0.1, 0.15) is 13.3 Å². The van der Waals surface area contributed by atoms with Crippen LogP contribution in [0.3, 0.4) is 0 Å². The minimum Gasteiger partial charge on any atom is -0.490 e. The smallest absolute Gasteiger partial charge is 0.191 e. The van der Waals surface area contributed by atoms with Crippen LogP contribution in [0, 0.1) is 0 Å². The van der Waals surface area contributed by atoms with Crippen LogP contribution in [0.15, 0.2) is 29.5 Å².